The molecule has 3 N–H and O–H groups in total. The van der Waals surface area contributed by atoms with Crippen molar-refractivity contribution in [2.45, 2.75) is 26.7 Å². The summed E-state index contributed by atoms with van der Waals surface area (Å²) in [5.74, 6) is 0.0584. The fraction of sp³-hybridized carbons (Fsp3) is 0.385. The van der Waals surface area contributed by atoms with Gasteiger partial charge in [-0.1, -0.05) is 6.07 Å². The van der Waals surface area contributed by atoms with Crippen molar-refractivity contribution in [1.82, 2.24) is 0 Å². The molecule has 0 bridgehead atoms. The molecule has 0 fully saturated rings. The van der Waals surface area contributed by atoms with Crippen LogP contribution in [0.25, 0.3) is 0 Å². The van der Waals surface area contributed by atoms with Gasteiger partial charge < -0.3 is 15.8 Å². The van der Waals surface area contributed by atoms with E-state index in [-0.39, 0.29) is 5.91 Å². The van der Waals surface area contributed by atoms with Gasteiger partial charge in [-0.15, -0.1) is 0 Å². The number of aryl methyl sites for hydroxylation is 2. The molecule has 1 aromatic rings. The third kappa shape index (κ3) is 3.76. The number of amides is 1. The number of nitrogens with two attached hydrogens (primary N) is 1. The van der Waals surface area contributed by atoms with Crippen molar-refractivity contribution in [2.75, 3.05) is 17.7 Å². The monoisotopic (exact) mass is 250 g/mol. The Morgan fingerprint density at radius 1 is 1.44 bits per heavy atom. The molecule has 5 heteroatoms. The van der Waals surface area contributed by atoms with E-state index < -0.39 is 0 Å². The van der Waals surface area contributed by atoms with Crippen molar-refractivity contribution < 1.29 is 14.3 Å². The topological polar surface area (TPSA) is 81.4 Å². The summed E-state index contributed by atoms with van der Waals surface area (Å²) in [4.78, 5) is 20.3. The molecule has 0 aliphatic carbocycles. The summed E-state index contributed by atoms with van der Waals surface area (Å²) in [7, 11) is 0. The lowest BCUT2D eigenvalue weighted by Gasteiger charge is -2.19. The van der Waals surface area contributed by atoms with E-state index in [1.54, 1.807) is 6.92 Å². The zero-order valence-corrected chi connectivity index (χ0v) is 10.7. The summed E-state index contributed by atoms with van der Waals surface area (Å²) in [5, 5.41) is 2.79. The molecule has 98 valence electrons. The smallest absolute Gasteiger partial charge is 0.293 e. The van der Waals surface area contributed by atoms with Crippen LogP contribution in [0.15, 0.2) is 12.1 Å². The SMILES string of the molecule is CCOC=O.Cc1cc(N)c2c(c1)CCC(=O)N2. The number of nitrogen functional groups attached to an aromatic ring is 1. The van der Waals surface area contributed by atoms with E-state index in [4.69, 9.17) is 5.73 Å². The third-order valence-electron chi connectivity index (χ3n) is 2.52. The molecule has 1 aromatic carbocycles. The van der Waals surface area contributed by atoms with E-state index in [0.717, 1.165) is 23.2 Å². The van der Waals surface area contributed by atoms with Gasteiger partial charge in [0, 0.05) is 6.42 Å². The number of hydrogen-bond acceptors (Lipinski definition) is 4. The number of benzene rings is 1. The lowest BCUT2D eigenvalue weighted by molar-refractivity contribution is -0.128. The number of fused-ring (bicyclic) bond motifs is 1. The van der Waals surface area contributed by atoms with Crippen LogP contribution in [0.2, 0.25) is 0 Å². The second kappa shape index (κ2) is 6.64. The summed E-state index contributed by atoms with van der Waals surface area (Å²) in [6.07, 6.45) is 1.36. The summed E-state index contributed by atoms with van der Waals surface area (Å²) in [6.45, 7) is 4.67. The zero-order valence-electron chi connectivity index (χ0n) is 10.7. The molecule has 18 heavy (non-hydrogen) atoms. The maximum atomic E-state index is 11.1. The fourth-order valence-electron chi connectivity index (χ4n) is 1.76. The number of rotatable bonds is 2. The highest BCUT2D eigenvalue weighted by molar-refractivity contribution is 5.97. The van der Waals surface area contributed by atoms with Gasteiger partial charge in [0.25, 0.3) is 6.47 Å². The Morgan fingerprint density at radius 3 is 2.72 bits per heavy atom. The molecule has 0 aromatic heterocycles. The molecule has 1 aliphatic rings. The summed E-state index contributed by atoms with van der Waals surface area (Å²) in [6, 6.07) is 3.95. The predicted molar refractivity (Wildman–Crippen MR) is 70.2 cm³/mol. The van der Waals surface area contributed by atoms with Gasteiger partial charge in [-0.2, -0.15) is 0 Å². The van der Waals surface area contributed by atoms with E-state index in [9.17, 15) is 9.59 Å². The summed E-state index contributed by atoms with van der Waals surface area (Å²) in [5.41, 5.74) is 9.56. The Morgan fingerprint density at radius 2 is 2.17 bits per heavy atom. The van der Waals surface area contributed by atoms with Crippen LogP contribution < -0.4 is 11.1 Å². The molecule has 0 saturated heterocycles. The molecule has 0 atom stereocenters. The number of anilines is 2. The van der Waals surface area contributed by atoms with Gasteiger partial charge in [-0.05, 0) is 37.5 Å². The minimum Gasteiger partial charge on any atom is -0.468 e. The van der Waals surface area contributed by atoms with E-state index in [2.05, 4.69) is 16.1 Å². The van der Waals surface area contributed by atoms with Crippen LogP contribution in [0, 0.1) is 6.92 Å². The number of ether oxygens (including phenoxy) is 1. The second-order valence-corrected chi connectivity index (χ2v) is 3.99. The lowest BCUT2D eigenvalue weighted by atomic mass is 9.99. The van der Waals surface area contributed by atoms with Crippen LogP contribution in [0.4, 0.5) is 11.4 Å². The zero-order chi connectivity index (χ0) is 13.5. The molecular formula is C13H18N2O3. The standard InChI is InChI=1S/C10H12N2O.C3H6O2/c1-6-4-7-2-3-9(13)12-10(7)8(11)5-6;1-2-5-3-4/h4-5H,2-3,11H2,1H3,(H,12,13);3H,2H2,1H3. The van der Waals surface area contributed by atoms with Crippen molar-refractivity contribution in [1.29, 1.82) is 0 Å². The van der Waals surface area contributed by atoms with Gasteiger partial charge in [0.05, 0.1) is 18.0 Å². The summed E-state index contributed by atoms with van der Waals surface area (Å²) < 4.78 is 4.15. The number of hydrogen-bond donors (Lipinski definition) is 2. The molecule has 2 rings (SSSR count). The molecular weight excluding hydrogens is 232 g/mol. The lowest BCUT2D eigenvalue weighted by Crippen LogP contribution is -2.20. The molecule has 1 heterocycles. The average Bonchev–Trinajstić information content (AvgIpc) is 2.32. The van der Waals surface area contributed by atoms with Crippen LogP contribution in [0.1, 0.15) is 24.5 Å². The average molecular weight is 250 g/mol. The van der Waals surface area contributed by atoms with Crippen LogP contribution in [0.3, 0.4) is 0 Å². The first kappa shape index (κ1) is 14.0. The van der Waals surface area contributed by atoms with Crippen molar-refractivity contribution in [3.63, 3.8) is 0 Å². The minimum atomic E-state index is 0.0584. The maximum absolute atomic E-state index is 11.1. The first-order valence-electron chi connectivity index (χ1n) is 5.82. The van der Waals surface area contributed by atoms with Crippen molar-refractivity contribution >= 4 is 23.8 Å². The fourth-order valence-corrected chi connectivity index (χ4v) is 1.76. The van der Waals surface area contributed by atoms with Gasteiger partial charge >= 0.3 is 0 Å². The van der Waals surface area contributed by atoms with Crippen LogP contribution in [0.5, 0.6) is 0 Å². The number of nitrogens with one attached hydrogen (secondary N) is 1. The quantitative estimate of drug-likeness (QED) is 0.617. The van der Waals surface area contributed by atoms with Crippen LogP contribution >= 0.6 is 0 Å². The van der Waals surface area contributed by atoms with Crippen LogP contribution in [-0.4, -0.2) is 19.0 Å². The van der Waals surface area contributed by atoms with E-state index in [0.29, 0.717) is 25.2 Å². The Labute approximate surface area is 106 Å². The Bertz CT molecular complexity index is 444. The maximum Gasteiger partial charge on any atom is 0.293 e. The number of carbonyl (C=O) groups excluding carboxylic acids is 2. The molecule has 1 amide bonds. The van der Waals surface area contributed by atoms with Gasteiger partial charge in [0.15, 0.2) is 0 Å². The molecule has 0 spiro atoms. The molecule has 5 nitrogen and oxygen atoms in total. The van der Waals surface area contributed by atoms with Gasteiger partial charge in [0.2, 0.25) is 5.91 Å². The molecule has 1 aliphatic heterocycles. The van der Waals surface area contributed by atoms with E-state index in [1.165, 1.54) is 0 Å². The molecule has 0 radical (unpaired) electrons. The molecule has 0 saturated carbocycles. The Hall–Kier alpha value is -2.04. The Balaban J connectivity index is 0.000000280. The first-order valence-corrected chi connectivity index (χ1v) is 5.82. The normalized spacial score (nSPS) is 12.7. The van der Waals surface area contributed by atoms with Crippen molar-refractivity contribution in [3.8, 4) is 0 Å². The third-order valence-corrected chi connectivity index (χ3v) is 2.52. The van der Waals surface area contributed by atoms with Gasteiger partial charge in [-0.3, -0.25) is 9.59 Å². The van der Waals surface area contributed by atoms with Crippen molar-refractivity contribution in [3.05, 3.63) is 23.3 Å². The van der Waals surface area contributed by atoms with Gasteiger partial charge in [0.1, 0.15) is 0 Å². The van der Waals surface area contributed by atoms with E-state index in [1.807, 2.05) is 13.0 Å². The highest BCUT2D eigenvalue weighted by Gasteiger charge is 2.16. The van der Waals surface area contributed by atoms with E-state index >= 15 is 0 Å². The van der Waals surface area contributed by atoms with Crippen molar-refractivity contribution in [2.24, 2.45) is 0 Å². The van der Waals surface area contributed by atoms with Gasteiger partial charge in [-0.25, -0.2) is 0 Å². The van der Waals surface area contributed by atoms with Crippen LogP contribution in [-0.2, 0) is 20.7 Å². The molecule has 0 unspecified atom stereocenters. The largest absolute Gasteiger partial charge is 0.468 e. The second-order valence-electron chi connectivity index (χ2n) is 3.99. The Kier molecular flexibility index (Phi) is 5.17. The number of carbonyl (C=O) groups is 2. The highest BCUT2D eigenvalue weighted by Crippen LogP contribution is 2.29. The highest BCUT2D eigenvalue weighted by atomic mass is 16.5. The summed E-state index contributed by atoms with van der Waals surface area (Å²) >= 11 is 0. The first-order chi connectivity index (χ1) is 8.58. The minimum absolute atomic E-state index is 0.0584. The predicted octanol–water partition coefficient (Wildman–Crippen LogP) is 1.64.